The molecule has 28 heavy (non-hydrogen) atoms. The number of esters is 1. The normalized spacial score (nSPS) is 14.2. The zero-order valence-electron chi connectivity index (χ0n) is 16.9. The number of nitrogens with zero attached hydrogens (tertiary/aromatic N) is 2. The van der Waals surface area contributed by atoms with E-state index in [0.29, 0.717) is 13.2 Å². The fourth-order valence-corrected chi connectivity index (χ4v) is 3.43. The van der Waals surface area contributed by atoms with Crippen molar-refractivity contribution in [3.05, 3.63) is 64.7 Å². The van der Waals surface area contributed by atoms with Gasteiger partial charge in [-0.1, -0.05) is 44.2 Å². The lowest BCUT2D eigenvalue weighted by Gasteiger charge is -2.17. The van der Waals surface area contributed by atoms with E-state index in [-0.39, 0.29) is 12.4 Å². The van der Waals surface area contributed by atoms with Gasteiger partial charge in [-0.3, -0.25) is 9.79 Å². The molecule has 0 aromatic heterocycles. The highest BCUT2D eigenvalue weighted by Crippen LogP contribution is 2.30. The molecule has 1 heterocycles. The first-order chi connectivity index (χ1) is 13.7. The molecule has 148 valence electrons. The van der Waals surface area contributed by atoms with Crippen LogP contribution in [-0.2, 0) is 22.6 Å². The fraction of sp³-hybridized carbons (Fsp3) is 0.391. The van der Waals surface area contributed by atoms with E-state index in [4.69, 9.17) is 14.5 Å². The van der Waals surface area contributed by atoms with Crippen molar-refractivity contribution in [3.8, 4) is 5.75 Å². The Kier molecular flexibility index (Phi) is 6.82. The molecule has 2 aromatic rings. The summed E-state index contributed by atoms with van der Waals surface area (Å²) in [6.45, 7) is 8.50. The minimum atomic E-state index is -0.255. The molecule has 3 rings (SSSR count). The first-order valence-electron chi connectivity index (χ1n) is 9.84. The highest BCUT2D eigenvalue weighted by atomic mass is 16.5. The number of ether oxygens (including phenoxy) is 2. The molecule has 0 N–H and O–H groups in total. The molecule has 5 nitrogen and oxygen atoms in total. The summed E-state index contributed by atoms with van der Waals surface area (Å²) in [5.41, 5.74) is 4.98. The van der Waals surface area contributed by atoms with E-state index in [1.165, 1.54) is 7.11 Å². The molecule has 0 atom stereocenters. The summed E-state index contributed by atoms with van der Waals surface area (Å²) in [5, 5.41) is 0. The number of likely N-dealkylation sites (N-methyl/N-ethyl adjacent to an activating group) is 1. The van der Waals surface area contributed by atoms with Crippen molar-refractivity contribution in [1.29, 1.82) is 0 Å². The van der Waals surface area contributed by atoms with Gasteiger partial charge in [0.05, 0.1) is 25.8 Å². The second-order valence-corrected chi connectivity index (χ2v) is 6.79. The van der Waals surface area contributed by atoms with Crippen LogP contribution in [0.4, 0.5) is 0 Å². The van der Waals surface area contributed by atoms with Gasteiger partial charge in [-0.2, -0.15) is 0 Å². The molecular formula is C23H28N2O3. The summed E-state index contributed by atoms with van der Waals surface area (Å²) in [7, 11) is 1.41. The standard InChI is InChI=1S/C23H28N2O3/c1-4-25(5-2)13-12-24-23-19-9-7-6-8-18(19)16-28-21-11-10-17(14-20(21)23)15-22(26)27-3/h6-11,14H,4-5,12-13,15-16H2,1-3H3. The van der Waals surface area contributed by atoms with E-state index in [0.717, 1.165) is 53.3 Å². The highest BCUT2D eigenvalue weighted by Gasteiger charge is 2.21. The van der Waals surface area contributed by atoms with Crippen molar-refractivity contribution < 1.29 is 14.3 Å². The van der Waals surface area contributed by atoms with E-state index in [1.807, 2.05) is 30.3 Å². The van der Waals surface area contributed by atoms with Crippen LogP contribution in [0.1, 0.15) is 36.1 Å². The van der Waals surface area contributed by atoms with Crippen molar-refractivity contribution in [2.45, 2.75) is 26.9 Å². The zero-order valence-corrected chi connectivity index (χ0v) is 16.9. The summed E-state index contributed by atoms with van der Waals surface area (Å²) >= 11 is 0. The molecule has 0 saturated heterocycles. The summed E-state index contributed by atoms with van der Waals surface area (Å²) < 4.78 is 10.9. The highest BCUT2D eigenvalue weighted by molar-refractivity contribution is 6.15. The Hall–Kier alpha value is -2.66. The number of methoxy groups -OCH3 is 1. The lowest BCUT2D eigenvalue weighted by molar-refractivity contribution is -0.139. The van der Waals surface area contributed by atoms with Gasteiger partial charge in [0.2, 0.25) is 0 Å². The fourth-order valence-electron chi connectivity index (χ4n) is 3.43. The smallest absolute Gasteiger partial charge is 0.309 e. The quantitative estimate of drug-likeness (QED) is 0.690. The van der Waals surface area contributed by atoms with Gasteiger partial charge in [0.15, 0.2) is 0 Å². The van der Waals surface area contributed by atoms with E-state index in [2.05, 4.69) is 30.9 Å². The summed E-state index contributed by atoms with van der Waals surface area (Å²) in [4.78, 5) is 19.1. The average Bonchev–Trinajstić information content (AvgIpc) is 2.88. The molecule has 0 bridgehead atoms. The Labute approximate surface area is 167 Å². The summed E-state index contributed by atoms with van der Waals surface area (Å²) in [5.74, 6) is 0.543. The maximum absolute atomic E-state index is 11.7. The van der Waals surface area contributed by atoms with E-state index < -0.39 is 0 Å². The zero-order chi connectivity index (χ0) is 19.9. The van der Waals surface area contributed by atoms with Gasteiger partial charge in [-0.15, -0.1) is 0 Å². The third kappa shape index (κ3) is 4.60. The number of aliphatic imine (C=N–C) groups is 1. The largest absolute Gasteiger partial charge is 0.488 e. The second kappa shape index (κ2) is 9.51. The number of hydrogen-bond donors (Lipinski definition) is 0. The molecule has 0 fully saturated rings. The van der Waals surface area contributed by atoms with Gasteiger partial charge in [-0.05, 0) is 36.3 Å². The third-order valence-corrected chi connectivity index (χ3v) is 5.11. The van der Waals surface area contributed by atoms with Gasteiger partial charge in [0.25, 0.3) is 0 Å². The van der Waals surface area contributed by atoms with E-state index in [1.54, 1.807) is 0 Å². The second-order valence-electron chi connectivity index (χ2n) is 6.79. The Morgan fingerprint density at radius 3 is 2.68 bits per heavy atom. The predicted octanol–water partition coefficient (Wildman–Crippen LogP) is 3.47. The monoisotopic (exact) mass is 380 g/mol. The summed E-state index contributed by atoms with van der Waals surface area (Å²) in [6, 6.07) is 14.1. The van der Waals surface area contributed by atoms with E-state index in [9.17, 15) is 4.79 Å². The van der Waals surface area contributed by atoms with Gasteiger partial charge in [0.1, 0.15) is 12.4 Å². The molecule has 1 aliphatic heterocycles. The maximum Gasteiger partial charge on any atom is 0.309 e. The molecule has 0 aliphatic carbocycles. The molecule has 0 spiro atoms. The number of fused-ring (bicyclic) bond motifs is 2. The molecule has 2 aromatic carbocycles. The van der Waals surface area contributed by atoms with Crippen molar-refractivity contribution in [2.24, 2.45) is 4.99 Å². The van der Waals surface area contributed by atoms with Crippen LogP contribution in [0.2, 0.25) is 0 Å². The minimum absolute atomic E-state index is 0.234. The number of hydrogen-bond acceptors (Lipinski definition) is 5. The van der Waals surface area contributed by atoms with Crippen molar-refractivity contribution >= 4 is 11.7 Å². The van der Waals surface area contributed by atoms with Gasteiger partial charge < -0.3 is 14.4 Å². The van der Waals surface area contributed by atoms with Gasteiger partial charge in [-0.25, -0.2) is 0 Å². The molecule has 5 heteroatoms. The van der Waals surface area contributed by atoms with Crippen molar-refractivity contribution in [2.75, 3.05) is 33.3 Å². The number of rotatable bonds is 7. The Morgan fingerprint density at radius 2 is 1.93 bits per heavy atom. The van der Waals surface area contributed by atoms with Gasteiger partial charge in [0, 0.05) is 17.7 Å². The molecule has 0 amide bonds. The van der Waals surface area contributed by atoms with Crippen LogP contribution in [0.15, 0.2) is 47.5 Å². The molecular weight excluding hydrogens is 352 g/mol. The first-order valence-corrected chi connectivity index (χ1v) is 9.84. The van der Waals surface area contributed by atoms with Crippen LogP contribution >= 0.6 is 0 Å². The van der Waals surface area contributed by atoms with Crippen LogP contribution in [0.3, 0.4) is 0 Å². The average molecular weight is 380 g/mol. The first kappa shape index (κ1) is 20.1. The predicted molar refractivity (Wildman–Crippen MR) is 111 cm³/mol. The number of benzene rings is 2. The van der Waals surface area contributed by atoms with Crippen molar-refractivity contribution in [3.63, 3.8) is 0 Å². The molecule has 1 aliphatic rings. The Balaban J connectivity index is 2.00. The van der Waals surface area contributed by atoms with Crippen LogP contribution < -0.4 is 4.74 Å². The SMILES string of the molecule is CCN(CC)CCN=C1c2ccccc2COc2ccc(CC(=O)OC)cc21. The van der Waals surface area contributed by atoms with Crippen LogP contribution in [-0.4, -0.2) is 49.9 Å². The van der Waals surface area contributed by atoms with E-state index >= 15 is 0 Å². The van der Waals surface area contributed by atoms with Crippen LogP contribution in [0.25, 0.3) is 0 Å². The Morgan fingerprint density at radius 1 is 1.14 bits per heavy atom. The van der Waals surface area contributed by atoms with Crippen LogP contribution in [0.5, 0.6) is 5.75 Å². The summed E-state index contributed by atoms with van der Waals surface area (Å²) in [6.07, 6.45) is 0.234. The number of carbonyl (C=O) groups excluding carboxylic acids is 1. The topological polar surface area (TPSA) is 51.1 Å². The maximum atomic E-state index is 11.7. The molecule has 0 radical (unpaired) electrons. The minimum Gasteiger partial charge on any atom is -0.488 e. The van der Waals surface area contributed by atoms with Crippen molar-refractivity contribution in [1.82, 2.24) is 4.90 Å². The molecule has 0 saturated carbocycles. The third-order valence-electron chi connectivity index (χ3n) is 5.11. The lowest BCUT2D eigenvalue weighted by Crippen LogP contribution is -2.26. The van der Waals surface area contributed by atoms with Crippen LogP contribution in [0, 0.1) is 0 Å². The Bertz CT molecular complexity index is 857. The van der Waals surface area contributed by atoms with Gasteiger partial charge >= 0.3 is 5.97 Å². The lowest BCUT2D eigenvalue weighted by atomic mass is 9.96. The number of carbonyl (C=O) groups is 1. The molecule has 0 unspecified atom stereocenters.